The van der Waals surface area contributed by atoms with E-state index in [0.717, 1.165) is 32.0 Å². The van der Waals surface area contributed by atoms with E-state index in [1.807, 2.05) is 0 Å². The van der Waals surface area contributed by atoms with Gasteiger partial charge >= 0.3 is 0 Å². The Morgan fingerprint density at radius 2 is 1.81 bits per heavy atom. The number of halogens is 4. The second-order valence-electron chi connectivity index (χ2n) is 10.9. The number of likely N-dealkylation sites (tertiary alicyclic amines) is 1. The van der Waals surface area contributed by atoms with Crippen LogP contribution in [-0.2, 0) is 5.54 Å². The van der Waals surface area contributed by atoms with Gasteiger partial charge in [0, 0.05) is 37.0 Å². The monoisotopic (exact) mass is 520 g/mol. The SMILES string of the molecule is C[C@@H](NC(=O)c1cn(C2(CF)CC2)c(=O)cc1N[C@@H]1[C@@H]2CC[C@H]1CN(C)C2)c1cccc(C(F)F)c1F. The highest BCUT2D eigenvalue weighted by Gasteiger charge is 2.46. The van der Waals surface area contributed by atoms with Gasteiger partial charge in [0.2, 0.25) is 0 Å². The molecule has 37 heavy (non-hydrogen) atoms. The molecule has 2 N–H and O–H groups in total. The van der Waals surface area contributed by atoms with Crippen molar-refractivity contribution in [3.8, 4) is 0 Å². The highest BCUT2D eigenvalue weighted by molar-refractivity contribution is 5.99. The van der Waals surface area contributed by atoms with Gasteiger partial charge in [-0.15, -0.1) is 0 Å². The van der Waals surface area contributed by atoms with Crippen LogP contribution in [0.4, 0.5) is 23.2 Å². The number of aromatic nitrogens is 1. The van der Waals surface area contributed by atoms with Crippen molar-refractivity contribution in [2.24, 2.45) is 11.8 Å². The van der Waals surface area contributed by atoms with Crippen molar-refractivity contribution in [1.82, 2.24) is 14.8 Å². The second-order valence-corrected chi connectivity index (χ2v) is 10.9. The lowest BCUT2D eigenvalue weighted by Gasteiger charge is -2.37. The summed E-state index contributed by atoms with van der Waals surface area (Å²) in [7, 11) is 2.08. The van der Waals surface area contributed by atoms with Gasteiger partial charge in [0.25, 0.3) is 17.9 Å². The maximum Gasteiger partial charge on any atom is 0.266 e. The first-order chi connectivity index (χ1) is 17.6. The highest BCUT2D eigenvalue weighted by atomic mass is 19.3. The van der Waals surface area contributed by atoms with E-state index in [-0.39, 0.29) is 17.2 Å². The molecule has 1 saturated heterocycles. The molecular weight excluding hydrogens is 488 g/mol. The van der Waals surface area contributed by atoms with Gasteiger partial charge in [-0.25, -0.2) is 17.6 Å². The van der Waals surface area contributed by atoms with E-state index in [1.54, 1.807) is 0 Å². The van der Waals surface area contributed by atoms with Crippen LogP contribution in [-0.4, -0.2) is 48.2 Å². The first-order valence-electron chi connectivity index (χ1n) is 12.8. The Hall–Kier alpha value is -2.88. The zero-order chi connectivity index (χ0) is 26.5. The number of hydrogen-bond acceptors (Lipinski definition) is 4. The molecule has 1 aromatic carbocycles. The fourth-order valence-corrected chi connectivity index (χ4v) is 6.08. The molecule has 0 radical (unpaired) electrons. The van der Waals surface area contributed by atoms with Crippen molar-refractivity contribution in [2.45, 2.75) is 56.7 Å². The van der Waals surface area contributed by atoms with Crippen molar-refractivity contribution < 1.29 is 22.4 Å². The Balaban J connectivity index is 1.47. The van der Waals surface area contributed by atoms with Crippen molar-refractivity contribution in [3.05, 3.63) is 63.3 Å². The summed E-state index contributed by atoms with van der Waals surface area (Å²) in [6, 6.07) is 4.21. The van der Waals surface area contributed by atoms with E-state index in [2.05, 4.69) is 22.6 Å². The second kappa shape index (κ2) is 9.78. The smallest absolute Gasteiger partial charge is 0.266 e. The number of carbonyl (C=O) groups is 1. The Labute approximate surface area is 213 Å². The Kier molecular flexibility index (Phi) is 6.81. The molecule has 1 amide bonds. The number of piperidine rings is 1. The van der Waals surface area contributed by atoms with E-state index < -0.39 is 47.5 Å². The number of anilines is 1. The molecule has 2 aliphatic carbocycles. The molecule has 2 saturated carbocycles. The van der Waals surface area contributed by atoms with E-state index in [1.165, 1.54) is 35.9 Å². The number of hydrogen-bond donors (Lipinski definition) is 2. The molecule has 2 bridgehead atoms. The van der Waals surface area contributed by atoms with Crippen LogP contribution in [0.1, 0.15) is 66.6 Å². The molecule has 2 aromatic rings. The largest absolute Gasteiger partial charge is 0.381 e. The van der Waals surface area contributed by atoms with Crippen LogP contribution < -0.4 is 16.2 Å². The van der Waals surface area contributed by atoms with Gasteiger partial charge in [-0.3, -0.25) is 9.59 Å². The Morgan fingerprint density at radius 3 is 2.41 bits per heavy atom. The molecule has 10 heteroatoms. The third-order valence-electron chi connectivity index (χ3n) is 8.33. The summed E-state index contributed by atoms with van der Waals surface area (Å²) in [5.41, 5.74) is -1.63. The minimum atomic E-state index is -2.98. The number of benzene rings is 1. The van der Waals surface area contributed by atoms with Crippen LogP contribution in [0, 0.1) is 17.7 Å². The van der Waals surface area contributed by atoms with Gasteiger partial charge in [0.1, 0.15) is 12.5 Å². The minimum Gasteiger partial charge on any atom is -0.381 e. The van der Waals surface area contributed by atoms with Crippen LogP contribution in [0.5, 0.6) is 0 Å². The zero-order valence-electron chi connectivity index (χ0n) is 20.9. The van der Waals surface area contributed by atoms with Gasteiger partial charge < -0.3 is 20.1 Å². The number of fused-ring (bicyclic) bond motifs is 2. The molecule has 1 aliphatic heterocycles. The maximum absolute atomic E-state index is 14.7. The van der Waals surface area contributed by atoms with E-state index in [9.17, 15) is 27.2 Å². The molecule has 3 aliphatic rings. The van der Waals surface area contributed by atoms with Crippen molar-refractivity contribution >= 4 is 11.6 Å². The topological polar surface area (TPSA) is 66.4 Å². The summed E-state index contributed by atoms with van der Waals surface area (Å²) < 4.78 is 56.3. The van der Waals surface area contributed by atoms with Crippen molar-refractivity contribution in [1.29, 1.82) is 0 Å². The molecule has 4 atom stereocenters. The van der Waals surface area contributed by atoms with Gasteiger partial charge in [0.15, 0.2) is 0 Å². The molecule has 200 valence electrons. The molecule has 0 unspecified atom stereocenters. The van der Waals surface area contributed by atoms with Crippen LogP contribution in [0.15, 0.2) is 35.3 Å². The summed E-state index contributed by atoms with van der Waals surface area (Å²) in [6.07, 6.45) is 1.50. The van der Waals surface area contributed by atoms with Crippen LogP contribution >= 0.6 is 0 Å². The third-order valence-corrected chi connectivity index (χ3v) is 8.33. The summed E-state index contributed by atoms with van der Waals surface area (Å²) in [6.45, 7) is 2.61. The average molecular weight is 521 g/mol. The summed E-state index contributed by atoms with van der Waals surface area (Å²) in [4.78, 5) is 28.8. The minimum absolute atomic E-state index is 0.0650. The number of alkyl halides is 3. The molecule has 5 rings (SSSR count). The highest BCUT2D eigenvalue weighted by Crippen LogP contribution is 2.44. The van der Waals surface area contributed by atoms with E-state index in [4.69, 9.17) is 0 Å². The molecule has 6 nitrogen and oxygen atoms in total. The normalized spacial score (nSPS) is 25.2. The summed E-state index contributed by atoms with van der Waals surface area (Å²) >= 11 is 0. The number of carbonyl (C=O) groups excluding carboxylic acids is 1. The van der Waals surface area contributed by atoms with Crippen LogP contribution in [0.3, 0.4) is 0 Å². The third kappa shape index (κ3) is 4.76. The van der Waals surface area contributed by atoms with Gasteiger partial charge in [-0.05, 0) is 51.5 Å². The Bertz CT molecular complexity index is 1230. The van der Waals surface area contributed by atoms with Crippen LogP contribution in [0.25, 0.3) is 0 Å². The van der Waals surface area contributed by atoms with Crippen molar-refractivity contribution in [3.63, 3.8) is 0 Å². The summed E-state index contributed by atoms with van der Waals surface area (Å²) in [5, 5.41) is 6.15. The zero-order valence-corrected chi connectivity index (χ0v) is 20.9. The van der Waals surface area contributed by atoms with E-state index in [0.29, 0.717) is 30.4 Å². The van der Waals surface area contributed by atoms with Gasteiger partial charge in [0.05, 0.1) is 28.4 Å². The maximum atomic E-state index is 14.7. The fourth-order valence-electron chi connectivity index (χ4n) is 6.08. The fraction of sp³-hybridized carbons (Fsp3) is 0.556. The Morgan fingerprint density at radius 1 is 1.16 bits per heavy atom. The molecular formula is C27H32F4N4O2. The van der Waals surface area contributed by atoms with Gasteiger partial charge in [-0.2, -0.15) is 0 Å². The van der Waals surface area contributed by atoms with E-state index >= 15 is 0 Å². The first kappa shape index (κ1) is 25.8. The average Bonchev–Trinajstić information content (AvgIpc) is 3.60. The first-order valence-corrected chi connectivity index (χ1v) is 12.8. The predicted octanol–water partition coefficient (Wildman–Crippen LogP) is 4.63. The lowest BCUT2D eigenvalue weighted by atomic mass is 9.92. The number of pyridine rings is 1. The molecule has 3 fully saturated rings. The number of nitrogens with zero attached hydrogens (tertiary/aromatic N) is 2. The molecule has 1 aromatic heterocycles. The number of amides is 1. The van der Waals surface area contributed by atoms with Gasteiger partial charge in [-0.1, -0.05) is 18.2 Å². The molecule has 0 spiro atoms. The quantitative estimate of drug-likeness (QED) is 0.499. The summed E-state index contributed by atoms with van der Waals surface area (Å²) in [5.74, 6) is -0.924. The lowest BCUT2D eigenvalue weighted by molar-refractivity contribution is 0.0938. The number of rotatable bonds is 8. The predicted molar refractivity (Wildman–Crippen MR) is 132 cm³/mol. The molecule has 2 heterocycles. The van der Waals surface area contributed by atoms with Crippen molar-refractivity contribution in [2.75, 3.05) is 32.1 Å². The van der Waals surface area contributed by atoms with Crippen LogP contribution in [0.2, 0.25) is 0 Å². The lowest BCUT2D eigenvalue weighted by Crippen LogP contribution is -2.47. The number of nitrogens with one attached hydrogen (secondary N) is 2. The standard InChI is InChI=1S/C27H32F4N4O2/c1-15(18-4-3-5-19(23(18)29)25(30)31)32-26(37)20-13-35(27(14-28)8-9-27)22(36)10-21(20)33-24-16-6-7-17(24)12-34(2)11-16/h3-5,10,13,15-17,24-25,33H,6-9,11-12,14H2,1-2H3,(H,32,37)/t15-,16-,17+,24-/m1/s1.